The highest BCUT2D eigenvalue weighted by Gasteiger charge is 2.22. The number of guanidine groups is 1. The molecule has 1 aliphatic carbocycles. The molecule has 1 aliphatic heterocycles. The molecular formula is C17H26N4. The molecule has 21 heavy (non-hydrogen) atoms. The van der Waals surface area contributed by atoms with E-state index in [0.717, 1.165) is 38.7 Å². The van der Waals surface area contributed by atoms with Crippen molar-refractivity contribution in [3.05, 3.63) is 35.4 Å². The third-order valence-electron chi connectivity index (χ3n) is 4.16. The quantitative estimate of drug-likeness (QED) is 0.640. The van der Waals surface area contributed by atoms with Crippen molar-refractivity contribution in [2.45, 2.75) is 38.8 Å². The lowest BCUT2D eigenvalue weighted by atomic mass is 10.0. The summed E-state index contributed by atoms with van der Waals surface area (Å²) in [7, 11) is 0. The number of rotatable bonds is 5. The smallest absolute Gasteiger partial charge is 0.191 e. The molecule has 3 rings (SSSR count). The molecule has 0 radical (unpaired) electrons. The van der Waals surface area contributed by atoms with Crippen molar-refractivity contribution in [3.8, 4) is 0 Å². The molecule has 1 heterocycles. The van der Waals surface area contributed by atoms with E-state index < -0.39 is 0 Å². The van der Waals surface area contributed by atoms with Crippen molar-refractivity contribution in [2.75, 3.05) is 26.2 Å². The maximum atomic E-state index is 4.70. The van der Waals surface area contributed by atoms with Gasteiger partial charge in [-0.15, -0.1) is 0 Å². The molecule has 2 N–H and O–H groups in total. The van der Waals surface area contributed by atoms with Crippen LogP contribution in [0.25, 0.3) is 0 Å². The summed E-state index contributed by atoms with van der Waals surface area (Å²) in [6, 6.07) is 9.45. The monoisotopic (exact) mass is 286 g/mol. The zero-order valence-electron chi connectivity index (χ0n) is 12.9. The zero-order chi connectivity index (χ0) is 14.5. The van der Waals surface area contributed by atoms with Gasteiger partial charge in [-0.2, -0.15) is 0 Å². The van der Waals surface area contributed by atoms with E-state index >= 15 is 0 Å². The van der Waals surface area contributed by atoms with E-state index in [4.69, 9.17) is 4.99 Å². The first-order chi connectivity index (χ1) is 10.3. The van der Waals surface area contributed by atoms with Gasteiger partial charge in [0.25, 0.3) is 0 Å². The zero-order valence-corrected chi connectivity index (χ0v) is 12.9. The maximum Gasteiger partial charge on any atom is 0.191 e. The van der Waals surface area contributed by atoms with Crippen LogP contribution in [0.5, 0.6) is 0 Å². The standard InChI is InChI=1S/C17H26N4/c1-2-18-17(20-16-7-8-16)19-10-12-21-11-9-14-5-3-4-6-15(14)13-21/h3-6,16H,2,7-13H2,1H3,(H2,18,19,20). The van der Waals surface area contributed by atoms with Crippen molar-refractivity contribution < 1.29 is 0 Å². The molecule has 1 aromatic carbocycles. The van der Waals surface area contributed by atoms with Gasteiger partial charge in [0, 0.05) is 32.2 Å². The molecule has 2 aliphatic rings. The number of hydrogen-bond acceptors (Lipinski definition) is 2. The van der Waals surface area contributed by atoms with Gasteiger partial charge in [-0.25, -0.2) is 0 Å². The SMILES string of the molecule is CCNC(=NCCN1CCc2ccccc2C1)NC1CC1. The number of aliphatic imine (C=N–C) groups is 1. The summed E-state index contributed by atoms with van der Waals surface area (Å²) in [6.07, 6.45) is 3.74. The number of hydrogen-bond donors (Lipinski definition) is 2. The van der Waals surface area contributed by atoms with Crippen LogP contribution in [0.15, 0.2) is 29.3 Å². The second-order valence-electron chi connectivity index (χ2n) is 5.97. The molecule has 4 nitrogen and oxygen atoms in total. The predicted octanol–water partition coefficient (Wildman–Crippen LogP) is 1.76. The molecule has 0 bridgehead atoms. The molecule has 114 valence electrons. The largest absolute Gasteiger partial charge is 0.357 e. The topological polar surface area (TPSA) is 39.7 Å². The first-order valence-electron chi connectivity index (χ1n) is 8.19. The predicted molar refractivity (Wildman–Crippen MR) is 87.6 cm³/mol. The van der Waals surface area contributed by atoms with E-state index in [-0.39, 0.29) is 0 Å². The average Bonchev–Trinajstić information content (AvgIpc) is 3.31. The van der Waals surface area contributed by atoms with Crippen LogP contribution in [0, 0.1) is 0 Å². The first-order valence-corrected chi connectivity index (χ1v) is 8.19. The van der Waals surface area contributed by atoms with Gasteiger partial charge in [-0.3, -0.25) is 9.89 Å². The lowest BCUT2D eigenvalue weighted by Gasteiger charge is -2.28. The normalized spacial score (nSPS) is 19.2. The van der Waals surface area contributed by atoms with Gasteiger partial charge in [0.15, 0.2) is 5.96 Å². The lowest BCUT2D eigenvalue weighted by Crippen LogP contribution is -2.39. The van der Waals surface area contributed by atoms with Crippen LogP contribution in [0.4, 0.5) is 0 Å². The second kappa shape index (κ2) is 6.94. The minimum absolute atomic E-state index is 0.657. The molecule has 0 spiro atoms. The van der Waals surface area contributed by atoms with E-state index in [0.29, 0.717) is 6.04 Å². The molecule has 0 atom stereocenters. The Bertz CT molecular complexity index is 493. The molecule has 1 saturated carbocycles. The van der Waals surface area contributed by atoms with Gasteiger partial charge in [0.05, 0.1) is 6.54 Å². The average molecular weight is 286 g/mol. The molecule has 1 fully saturated rings. The number of nitrogens with one attached hydrogen (secondary N) is 2. The van der Waals surface area contributed by atoms with Crippen LogP contribution >= 0.6 is 0 Å². The highest BCUT2D eigenvalue weighted by atomic mass is 15.2. The summed E-state index contributed by atoms with van der Waals surface area (Å²) in [5.74, 6) is 0.984. The number of benzene rings is 1. The fourth-order valence-corrected chi connectivity index (χ4v) is 2.79. The maximum absolute atomic E-state index is 4.70. The Morgan fingerprint density at radius 2 is 2.10 bits per heavy atom. The van der Waals surface area contributed by atoms with Gasteiger partial charge < -0.3 is 10.6 Å². The molecule has 1 aromatic rings. The molecule has 4 heteroatoms. The van der Waals surface area contributed by atoms with E-state index in [9.17, 15) is 0 Å². The first kappa shape index (κ1) is 14.4. The van der Waals surface area contributed by atoms with Crippen molar-refractivity contribution >= 4 is 5.96 Å². The third kappa shape index (κ3) is 4.21. The summed E-state index contributed by atoms with van der Waals surface area (Å²) in [5.41, 5.74) is 3.00. The van der Waals surface area contributed by atoms with Crippen LogP contribution in [0.3, 0.4) is 0 Å². The Hall–Kier alpha value is -1.55. The molecule has 0 amide bonds. The lowest BCUT2D eigenvalue weighted by molar-refractivity contribution is 0.261. The minimum atomic E-state index is 0.657. The van der Waals surface area contributed by atoms with Crippen molar-refractivity contribution in [1.82, 2.24) is 15.5 Å². The minimum Gasteiger partial charge on any atom is -0.357 e. The Morgan fingerprint density at radius 3 is 2.86 bits per heavy atom. The van der Waals surface area contributed by atoms with Gasteiger partial charge >= 0.3 is 0 Å². The summed E-state index contributed by atoms with van der Waals surface area (Å²) < 4.78 is 0. The van der Waals surface area contributed by atoms with E-state index in [1.165, 1.54) is 30.4 Å². The highest BCUT2D eigenvalue weighted by molar-refractivity contribution is 5.80. The van der Waals surface area contributed by atoms with E-state index in [1.807, 2.05) is 0 Å². The molecular weight excluding hydrogens is 260 g/mol. The van der Waals surface area contributed by atoms with Gasteiger partial charge in [0.2, 0.25) is 0 Å². The molecule has 0 aromatic heterocycles. The summed E-state index contributed by atoms with van der Waals surface area (Å²) in [6.45, 7) is 7.17. The van der Waals surface area contributed by atoms with Crippen LogP contribution in [0.2, 0.25) is 0 Å². The van der Waals surface area contributed by atoms with Crippen molar-refractivity contribution in [3.63, 3.8) is 0 Å². The van der Waals surface area contributed by atoms with Crippen LogP contribution in [-0.4, -0.2) is 43.1 Å². The Morgan fingerprint density at radius 1 is 1.29 bits per heavy atom. The van der Waals surface area contributed by atoms with Gasteiger partial charge in [-0.1, -0.05) is 24.3 Å². The van der Waals surface area contributed by atoms with Crippen molar-refractivity contribution in [1.29, 1.82) is 0 Å². The summed E-state index contributed by atoms with van der Waals surface area (Å²) in [5, 5.41) is 6.79. The fraction of sp³-hybridized carbons (Fsp3) is 0.588. The number of nitrogens with zero attached hydrogens (tertiary/aromatic N) is 2. The fourth-order valence-electron chi connectivity index (χ4n) is 2.79. The van der Waals surface area contributed by atoms with E-state index in [1.54, 1.807) is 0 Å². The van der Waals surface area contributed by atoms with Gasteiger partial charge in [0.1, 0.15) is 0 Å². The van der Waals surface area contributed by atoms with Crippen LogP contribution < -0.4 is 10.6 Å². The Balaban J connectivity index is 1.48. The number of fused-ring (bicyclic) bond motifs is 1. The van der Waals surface area contributed by atoms with Crippen LogP contribution in [-0.2, 0) is 13.0 Å². The van der Waals surface area contributed by atoms with E-state index in [2.05, 4.69) is 46.7 Å². The summed E-state index contributed by atoms with van der Waals surface area (Å²) in [4.78, 5) is 7.20. The van der Waals surface area contributed by atoms with Crippen molar-refractivity contribution in [2.24, 2.45) is 4.99 Å². The van der Waals surface area contributed by atoms with Gasteiger partial charge in [-0.05, 0) is 37.3 Å². The summed E-state index contributed by atoms with van der Waals surface area (Å²) >= 11 is 0. The molecule has 0 saturated heterocycles. The second-order valence-corrected chi connectivity index (χ2v) is 5.97. The highest BCUT2D eigenvalue weighted by Crippen LogP contribution is 2.19. The van der Waals surface area contributed by atoms with Crippen LogP contribution in [0.1, 0.15) is 30.9 Å². The Labute approximate surface area is 127 Å². The third-order valence-corrected chi connectivity index (χ3v) is 4.16. The molecule has 0 unspecified atom stereocenters. The Kier molecular flexibility index (Phi) is 4.76.